The Kier molecular flexibility index (Phi) is 4.66. The lowest BCUT2D eigenvalue weighted by Gasteiger charge is -2.27. The molecule has 2 aliphatic carbocycles. The second kappa shape index (κ2) is 6.66. The van der Waals surface area contributed by atoms with Gasteiger partial charge in [0.25, 0.3) is 0 Å². The Morgan fingerprint density at radius 2 is 2.00 bits per heavy atom. The third-order valence-corrected chi connectivity index (χ3v) is 4.81. The van der Waals surface area contributed by atoms with Crippen LogP contribution < -0.4 is 5.32 Å². The fourth-order valence-electron chi connectivity index (χ4n) is 3.65. The molecule has 0 bridgehead atoms. The third-order valence-electron chi connectivity index (χ3n) is 4.81. The number of nitrogens with zero attached hydrogens (tertiary/aromatic N) is 2. The largest absolute Gasteiger partial charge is 0.310 e. The molecule has 0 aromatic carbocycles. The normalized spacial score (nSPS) is 23.6. The van der Waals surface area contributed by atoms with Crippen LogP contribution in [0.3, 0.4) is 0 Å². The highest BCUT2D eigenvalue weighted by molar-refractivity contribution is 5.25. The summed E-state index contributed by atoms with van der Waals surface area (Å²) in [6, 6.07) is 0.485. The lowest BCUT2D eigenvalue weighted by molar-refractivity contribution is 0.419. The maximum atomic E-state index is 4.94. The van der Waals surface area contributed by atoms with Crippen molar-refractivity contribution in [3.8, 4) is 0 Å². The molecule has 1 heterocycles. The van der Waals surface area contributed by atoms with Gasteiger partial charge in [-0.05, 0) is 45.1 Å². The summed E-state index contributed by atoms with van der Waals surface area (Å²) in [5.74, 6) is 1.75. The standard InChI is InChI=1S/C17H27N3/c1-2-11-18-15-9-6-10-16-14(15)12-19-17(20-16)13-7-4-3-5-8-13/h12-13,15,18H,2-11H2,1H3. The Morgan fingerprint density at radius 1 is 1.15 bits per heavy atom. The predicted molar refractivity (Wildman–Crippen MR) is 81.8 cm³/mol. The molecule has 1 aromatic rings. The van der Waals surface area contributed by atoms with Gasteiger partial charge in [0.1, 0.15) is 5.82 Å². The van der Waals surface area contributed by atoms with Crippen LogP contribution in [-0.2, 0) is 6.42 Å². The molecule has 0 saturated heterocycles. The van der Waals surface area contributed by atoms with E-state index in [0.29, 0.717) is 12.0 Å². The van der Waals surface area contributed by atoms with Crippen molar-refractivity contribution >= 4 is 0 Å². The second-order valence-corrected chi connectivity index (χ2v) is 6.36. The number of aromatic nitrogens is 2. The highest BCUT2D eigenvalue weighted by atomic mass is 14.9. The Morgan fingerprint density at radius 3 is 2.80 bits per heavy atom. The van der Waals surface area contributed by atoms with Crippen LogP contribution in [0.1, 0.15) is 87.3 Å². The lowest BCUT2D eigenvalue weighted by Crippen LogP contribution is -2.27. The van der Waals surface area contributed by atoms with Crippen LogP contribution in [0.2, 0.25) is 0 Å². The van der Waals surface area contributed by atoms with Gasteiger partial charge in [0.2, 0.25) is 0 Å². The van der Waals surface area contributed by atoms with Crippen molar-refractivity contribution in [2.75, 3.05) is 6.54 Å². The van der Waals surface area contributed by atoms with Crippen LogP contribution in [0.25, 0.3) is 0 Å². The van der Waals surface area contributed by atoms with E-state index in [9.17, 15) is 0 Å². The van der Waals surface area contributed by atoms with E-state index in [1.165, 1.54) is 62.6 Å². The van der Waals surface area contributed by atoms with Crippen LogP contribution in [0.4, 0.5) is 0 Å². The van der Waals surface area contributed by atoms with Crippen LogP contribution in [0.5, 0.6) is 0 Å². The van der Waals surface area contributed by atoms with Crippen LogP contribution in [0, 0.1) is 0 Å². The molecule has 1 saturated carbocycles. The monoisotopic (exact) mass is 273 g/mol. The quantitative estimate of drug-likeness (QED) is 0.904. The lowest BCUT2D eigenvalue weighted by atomic mass is 9.87. The average molecular weight is 273 g/mol. The summed E-state index contributed by atoms with van der Waals surface area (Å²) in [7, 11) is 0. The molecule has 3 rings (SSSR count). The van der Waals surface area contributed by atoms with Crippen molar-refractivity contribution in [1.29, 1.82) is 0 Å². The van der Waals surface area contributed by atoms with Crippen molar-refractivity contribution in [1.82, 2.24) is 15.3 Å². The topological polar surface area (TPSA) is 37.8 Å². The van der Waals surface area contributed by atoms with E-state index < -0.39 is 0 Å². The molecule has 20 heavy (non-hydrogen) atoms. The van der Waals surface area contributed by atoms with Crippen molar-refractivity contribution in [2.24, 2.45) is 0 Å². The predicted octanol–water partition coefficient (Wildman–Crippen LogP) is 3.90. The van der Waals surface area contributed by atoms with Gasteiger partial charge in [0.05, 0.1) is 0 Å². The molecule has 1 atom stereocenters. The molecule has 3 heteroatoms. The first-order valence-electron chi connectivity index (χ1n) is 8.47. The molecule has 0 radical (unpaired) electrons. The summed E-state index contributed by atoms with van der Waals surface area (Å²) in [4.78, 5) is 9.67. The van der Waals surface area contributed by atoms with Gasteiger partial charge in [-0.2, -0.15) is 0 Å². The molecular formula is C17H27N3. The van der Waals surface area contributed by atoms with Gasteiger partial charge in [-0.1, -0.05) is 26.2 Å². The van der Waals surface area contributed by atoms with Crippen LogP contribution >= 0.6 is 0 Å². The fourth-order valence-corrected chi connectivity index (χ4v) is 3.65. The zero-order chi connectivity index (χ0) is 13.8. The van der Waals surface area contributed by atoms with Gasteiger partial charge in [0, 0.05) is 29.4 Å². The second-order valence-electron chi connectivity index (χ2n) is 6.36. The molecule has 110 valence electrons. The van der Waals surface area contributed by atoms with Crippen molar-refractivity contribution in [3.63, 3.8) is 0 Å². The highest BCUT2D eigenvalue weighted by Gasteiger charge is 2.24. The fraction of sp³-hybridized carbons (Fsp3) is 0.765. The van der Waals surface area contributed by atoms with Gasteiger partial charge in [-0.3, -0.25) is 0 Å². The average Bonchev–Trinajstić information content (AvgIpc) is 2.53. The van der Waals surface area contributed by atoms with E-state index in [0.717, 1.165) is 18.8 Å². The maximum absolute atomic E-state index is 4.94. The summed E-state index contributed by atoms with van der Waals surface area (Å²) in [6.07, 6.45) is 13.6. The molecule has 0 amide bonds. The van der Waals surface area contributed by atoms with Gasteiger partial charge < -0.3 is 5.32 Å². The van der Waals surface area contributed by atoms with Crippen LogP contribution in [0.15, 0.2) is 6.20 Å². The zero-order valence-corrected chi connectivity index (χ0v) is 12.7. The molecule has 2 aliphatic rings. The van der Waals surface area contributed by atoms with E-state index in [2.05, 4.69) is 18.4 Å². The number of aryl methyl sites for hydroxylation is 1. The summed E-state index contributed by atoms with van der Waals surface area (Å²) in [6.45, 7) is 3.31. The number of rotatable bonds is 4. The Hall–Kier alpha value is -0.960. The minimum absolute atomic E-state index is 0.485. The van der Waals surface area contributed by atoms with E-state index >= 15 is 0 Å². The Balaban J connectivity index is 1.77. The van der Waals surface area contributed by atoms with E-state index in [4.69, 9.17) is 9.97 Å². The third kappa shape index (κ3) is 3.03. The van der Waals surface area contributed by atoms with E-state index in [1.54, 1.807) is 0 Å². The van der Waals surface area contributed by atoms with Crippen LogP contribution in [-0.4, -0.2) is 16.5 Å². The number of hydrogen-bond donors (Lipinski definition) is 1. The molecule has 1 N–H and O–H groups in total. The molecule has 1 aromatic heterocycles. The van der Waals surface area contributed by atoms with Gasteiger partial charge in [-0.25, -0.2) is 9.97 Å². The summed E-state index contributed by atoms with van der Waals surface area (Å²) < 4.78 is 0. The van der Waals surface area contributed by atoms with Gasteiger partial charge >= 0.3 is 0 Å². The smallest absolute Gasteiger partial charge is 0.131 e. The number of hydrogen-bond acceptors (Lipinski definition) is 3. The first kappa shape index (κ1) is 14.0. The Bertz CT molecular complexity index is 438. The summed E-state index contributed by atoms with van der Waals surface area (Å²) in [5.41, 5.74) is 2.68. The van der Waals surface area contributed by atoms with E-state index in [-0.39, 0.29) is 0 Å². The first-order chi connectivity index (χ1) is 9.88. The molecule has 1 fully saturated rings. The maximum Gasteiger partial charge on any atom is 0.131 e. The first-order valence-corrected chi connectivity index (χ1v) is 8.47. The zero-order valence-electron chi connectivity index (χ0n) is 12.7. The summed E-state index contributed by atoms with van der Waals surface area (Å²) in [5, 5.41) is 3.65. The number of nitrogens with one attached hydrogen (secondary N) is 1. The molecule has 0 aliphatic heterocycles. The van der Waals surface area contributed by atoms with Crippen molar-refractivity contribution in [3.05, 3.63) is 23.3 Å². The van der Waals surface area contributed by atoms with Gasteiger partial charge in [-0.15, -0.1) is 0 Å². The minimum Gasteiger partial charge on any atom is -0.310 e. The molecule has 3 nitrogen and oxygen atoms in total. The summed E-state index contributed by atoms with van der Waals surface area (Å²) >= 11 is 0. The van der Waals surface area contributed by atoms with Crippen molar-refractivity contribution in [2.45, 2.75) is 76.7 Å². The molecule has 0 spiro atoms. The minimum atomic E-state index is 0.485. The van der Waals surface area contributed by atoms with Crippen molar-refractivity contribution < 1.29 is 0 Å². The molecule has 1 unspecified atom stereocenters. The number of fused-ring (bicyclic) bond motifs is 1. The SMILES string of the molecule is CCCNC1CCCc2nc(C3CCCCC3)ncc21. The van der Waals surface area contributed by atoms with E-state index in [1.807, 2.05) is 0 Å². The Labute approximate surface area is 122 Å². The van der Waals surface area contributed by atoms with Gasteiger partial charge in [0.15, 0.2) is 0 Å². The molecular weight excluding hydrogens is 246 g/mol. The highest BCUT2D eigenvalue weighted by Crippen LogP contribution is 2.33.